The summed E-state index contributed by atoms with van der Waals surface area (Å²) in [5.41, 5.74) is 20.0. The highest BCUT2D eigenvalue weighted by atomic mass is 16.6. The molecule has 3 aromatic rings. The number of allylic oxidation sites excluding steroid dienone is 4. The number of nitrogens with two attached hydrogens (primary N) is 2. The number of pyridine rings is 1. The molecule has 0 fully saturated rings. The fourth-order valence-electron chi connectivity index (χ4n) is 8.78. The number of nitrogens with one attached hydrogen (secondary N) is 1. The first kappa shape index (κ1) is 52.6. The van der Waals surface area contributed by atoms with Crippen LogP contribution in [0, 0.1) is 12.8 Å². The van der Waals surface area contributed by atoms with E-state index in [0.717, 1.165) is 45.4 Å². The zero-order valence-corrected chi connectivity index (χ0v) is 40.5. The third-order valence-corrected chi connectivity index (χ3v) is 12.4. The van der Waals surface area contributed by atoms with E-state index in [4.69, 9.17) is 30.4 Å². The maximum absolute atomic E-state index is 13.6. The molecule has 0 radical (unpaired) electrons. The zero-order chi connectivity index (χ0) is 48.7. The van der Waals surface area contributed by atoms with Crippen LogP contribution in [0.3, 0.4) is 0 Å². The van der Waals surface area contributed by atoms with Crippen molar-refractivity contribution < 1.29 is 38.4 Å². The molecule has 5 rings (SSSR count). The number of nitrogen functional groups attached to an aromatic ring is 1. The van der Waals surface area contributed by atoms with Crippen molar-refractivity contribution in [3.8, 4) is 11.5 Å². The molecule has 0 saturated carbocycles. The summed E-state index contributed by atoms with van der Waals surface area (Å²) < 4.78 is 22.8. The van der Waals surface area contributed by atoms with Gasteiger partial charge in [0, 0.05) is 47.0 Å². The van der Waals surface area contributed by atoms with E-state index in [1.165, 1.54) is 6.42 Å². The van der Waals surface area contributed by atoms with E-state index in [9.17, 15) is 24.3 Å². The number of hydrogen-bond donors (Lipinski definition) is 4. The van der Waals surface area contributed by atoms with Crippen LogP contribution < -0.4 is 26.5 Å². The van der Waals surface area contributed by atoms with Gasteiger partial charge in [0.25, 0.3) is 5.56 Å². The first-order valence-electron chi connectivity index (χ1n) is 23.4. The van der Waals surface area contributed by atoms with E-state index in [-0.39, 0.29) is 68.0 Å². The summed E-state index contributed by atoms with van der Waals surface area (Å²) in [6.45, 7) is 22.4. The standard InChI is InChI=1S/C51H63N3O9.C3H8/c1-9-35(31(8)36(10-2)46-26-44-43(48(56)54-46)29-63-50(58)51(44,59)14-6)40-24-33(18-17-30(40)7)60-21-15-16-22-61-34-19-20-45(53)41(25-34)37(11-3)32(27-52)23-47(55)42-28-62-49(57)39(13-5)38(42)12-4;1-3-2/h12,15-20,24-26,36,39,59H,4,9-11,13-14,21-23,27-29,52-53H2,1-3,5-8H3,(H,54,56);3H2,1-2H3/b16-15+,35-31-,37-32+;. The largest absolute Gasteiger partial charge is 0.490 e. The van der Waals surface area contributed by atoms with Crippen molar-refractivity contribution in [3.63, 3.8) is 0 Å². The van der Waals surface area contributed by atoms with E-state index in [0.29, 0.717) is 65.5 Å². The molecule has 1 aromatic heterocycles. The van der Waals surface area contributed by atoms with Crippen LogP contribution in [-0.2, 0) is 36.1 Å². The number of Topliss-reactive ketones (excluding diaryl/α,β-unsaturated/α-hetero) is 1. The summed E-state index contributed by atoms with van der Waals surface area (Å²) in [6.07, 6.45) is 9.25. The third-order valence-electron chi connectivity index (χ3n) is 12.4. The molecule has 2 aromatic carbocycles. The van der Waals surface area contributed by atoms with Crippen LogP contribution >= 0.6 is 0 Å². The normalized spacial score (nSPS) is 18.3. The Hall–Kier alpha value is -5.98. The molecule has 3 atom stereocenters. The SMILES string of the molecule is C=CC1=C(C(=O)C/C(CN)=C(/CC)c2cc(OC/C=C/COc3ccc(C)c(/C(CC)=C(/C)C(CC)c4cc5c(c(=O)[nH]4)COC(=O)C5(O)CC)c3)ccc2N)COC(=O)C1CC.CCC. The highest BCUT2D eigenvalue weighted by Gasteiger charge is 2.44. The van der Waals surface area contributed by atoms with E-state index in [1.54, 1.807) is 31.2 Å². The molecule has 2 aliphatic rings. The lowest BCUT2D eigenvalue weighted by atomic mass is 9.82. The minimum absolute atomic E-state index is 0.0633. The van der Waals surface area contributed by atoms with Gasteiger partial charge in [0.2, 0.25) is 0 Å². The van der Waals surface area contributed by atoms with Crippen molar-refractivity contribution in [2.24, 2.45) is 11.7 Å². The minimum atomic E-state index is -1.87. The molecule has 2 aliphatic heterocycles. The number of cyclic esters (lactones) is 2. The number of ketones is 1. The fourth-order valence-corrected chi connectivity index (χ4v) is 8.78. The number of aromatic nitrogens is 1. The van der Waals surface area contributed by atoms with Gasteiger partial charge in [-0.2, -0.15) is 0 Å². The van der Waals surface area contributed by atoms with Crippen LogP contribution in [0.2, 0.25) is 0 Å². The molecule has 0 spiro atoms. The van der Waals surface area contributed by atoms with Gasteiger partial charge in [0.1, 0.15) is 37.9 Å². The molecule has 3 heterocycles. The number of fused-ring (bicyclic) bond motifs is 1. The van der Waals surface area contributed by atoms with Gasteiger partial charge in [-0.1, -0.05) is 79.2 Å². The summed E-state index contributed by atoms with van der Waals surface area (Å²) in [5.74, 6) is -0.632. The second-order valence-electron chi connectivity index (χ2n) is 16.7. The Morgan fingerprint density at radius 3 is 2.11 bits per heavy atom. The average Bonchev–Trinajstić information content (AvgIpc) is 3.30. The Bertz CT molecular complexity index is 2440. The number of aliphatic hydroxyl groups is 1. The molecule has 0 amide bonds. The Labute approximate surface area is 390 Å². The second-order valence-corrected chi connectivity index (χ2v) is 16.7. The van der Waals surface area contributed by atoms with Gasteiger partial charge in [-0.05, 0) is 128 Å². The number of rotatable bonds is 20. The molecule has 12 nitrogen and oxygen atoms in total. The number of aryl methyl sites for hydroxylation is 1. The molecule has 12 heteroatoms. The van der Waals surface area contributed by atoms with Gasteiger partial charge in [-0.3, -0.25) is 14.4 Å². The Morgan fingerprint density at radius 2 is 1.55 bits per heavy atom. The lowest BCUT2D eigenvalue weighted by Crippen LogP contribution is -2.43. The van der Waals surface area contributed by atoms with Crippen LogP contribution in [0.5, 0.6) is 11.5 Å². The minimum Gasteiger partial charge on any atom is -0.490 e. The number of carbonyl (C=O) groups excluding carboxylic acids is 3. The van der Waals surface area contributed by atoms with Crippen molar-refractivity contribution in [1.82, 2.24) is 4.98 Å². The van der Waals surface area contributed by atoms with Gasteiger partial charge >= 0.3 is 11.9 Å². The number of H-pyrrole nitrogens is 1. The van der Waals surface area contributed by atoms with Crippen LogP contribution in [0.4, 0.5) is 5.69 Å². The molecule has 0 aliphatic carbocycles. The van der Waals surface area contributed by atoms with Crippen molar-refractivity contribution in [1.29, 1.82) is 0 Å². The Balaban J connectivity index is 0.00000309. The lowest BCUT2D eigenvalue weighted by Gasteiger charge is -2.32. The van der Waals surface area contributed by atoms with Gasteiger partial charge in [0.05, 0.1) is 11.5 Å². The molecule has 3 unspecified atom stereocenters. The maximum Gasteiger partial charge on any atom is 0.343 e. The van der Waals surface area contributed by atoms with Gasteiger partial charge in [-0.15, -0.1) is 0 Å². The summed E-state index contributed by atoms with van der Waals surface area (Å²) in [7, 11) is 0. The van der Waals surface area contributed by atoms with Gasteiger partial charge in [0.15, 0.2) is 11.4 Å². The maximum atomic E-state index is 13.6. The number of anilines is 1. The number of ether oxygens (including phenoxy) is 4. The summed E-state index contributed by atoms with van der Waals surface area (Å²) in [5, 5.41) is 11.3. The third kappa shape index (κ3) is 11.9. The highest BCUT2D eigenvalue weighted by molar-refractivity contribution is 6.01. The molecular weight excluding hydrogens is 835 g/mol. The lowest BCUT2D eigenvalue weighted by molar-refractivity contribution is -0.172. The first-order valence-corrected chi connectivity index (χ1v) is 23.4. The summed E-state index contributed by atoms with van der Waals surface area (Å²) in [4.78, 5) is 54.8. The number of esters is 2. The smallest absolute Gasteiger partial charge is 0.343 e. The predicted octanol–water partition coefficient (Wildman–Crippen LogP) is 9.87. The number of carbonyl (C=O) groups is 3. The van der Waals surface area contributed by atoms with Crippen LogP contribution in [0.25, 0.3) is 11.1 Å². The summed E-state index contributed by atoms with van der Waals surface area (Å²) in [6, 6.07) is 13.2. The highest BCUT2D eigenvalue weighted by Crippen LogP contribution is 2.40. The molecular formula is C54H71N3O9. The summed E-state index contributed by atoms with van der Waals surface area (Å²) >= 11 is 0. The fraction of sp³-hybridized carbons (Fsp3) is 0.444. The topological polar surface area (TPSA) is 193 Å². The molecule has 0 bridgehead atoms. The Morgan fingerprint density at radius 1 is 0.924 bits per heavy atom. The second kappa shape index (κ2) is 24.5. The first-order chi connectivity index (χ1) is 31.6. The van der Waals surface area contributed by atoms with Crippen molar-refractivity contribution in [2.45, 2.75) is 125 Å². The van der Waals surface area contributed by atoms with E-state index >= 15 is 0 Å². The Kier molecular flexibility index (Phi) is 19.6. The van der Waals surface area contributed by atoms with Gasteiger partial charge in [-0.25, -0.2) is 4.79 Å². The van der Waals surface area contributed by atoms with Crippen molar-refractivity contribution in [3.05, 3.63) is 133 Å². The van der Waals surface area contributed by atoms with Crippen LogP contribution in [0.1, 0.15) is 140 Å². The van der Waals surface area contributed by atoms with E-state index in [1.807, 2.05) is 50.3 Å². The number of aromatic amines is 1. The van der Waals surface area contributed by atoms with Crippen molar-refractivity contribution in [2.75, 3.05) is 32.1 Å². The van der Waals surface area contributed by atoms with Gasteiger partial charge < -0.3 is 40.5 Å². The zero-order valence-electron chi connectivity index (χ0n) is 40.5. The number of hydrogen-bond acceptors (Lipinski definition) is 11. The number of benzene rings is 2. The molecule has 356 valence electrons. The predicted molar refractivity (Wildman–Crippen MR) is 263 cm³/mol. The monoisotopic (exact) mass is 906 g/mol. The van der Waals surface area contributed by atoms with Crippen molar-refractivity contribution >= 4 is 34.6 Å². The molecule has 66 heavy (non-hydrogen) atoms. The van der Waals surface area contributed by atoms with Crippen LogP contribution in [0.15, 0.2) is 94.4 Å². The van der Waals surface area contributed by atoms with E-state index < -0.39 is 17.5 Å². The molecule has 0 saturated heterocycles. The molecule has 6 N–H and O–H groups in total. The average molecular weight is 906 g/mol. The van der Waals surface area contributed by atoms with Crippen LogP contribution in [-0.4, -0.2) is 54.2 Å². The van der Waals surface area contributed by atoms with E-state index in [2.05, 4.69) is 53.1 Å². The quantitative estimate of drug-likeness (QED) is 0.0479.